The van der Waals surface area contributed by atoms with Crippen molar-refractivity contribution in [1.29, 1.82) is 0 Å². The number of fused-ring (bicyclic) bond motifs is 3. The highest BCUT2D eigenvalue weighted by Crippen LogP contribution is 2.33. The summed E-state index contributed by atoms with van der Waals surface area (Å²) in [6.45, 7) is 2.19. The number of nitrogens with zero attached hydrogens (tertiary/aromatic N) is 5. The first-order valence-corrected chi connectivity index (χ1v) is 11.1. The van der Waals surface area contributed by atoms with E-state index in [0.29, 0.717) is 6.61 Å². The highest BCUT2D eigenvalue weighted by Gasteiger charge is 2.18. The van der Waals surface area contributed by atoms with Crippen molar-refractivity contribution in [2.24, 2.45) is 0 Å². The third-order valence-corrected chi connectivity index (χ3v) is 6.20. The van der Waals surface area contributed by atoms with Gasteiger partial charge in [-0.15, -0.1) is 0 Å². The van der Waals surface area contributed by atoms with E-state index in [1.807, 2.05) is 10.7 Å². The number of thiazole rings is 1. The Morgan fingerprint density at radius 1 is 0.933 bits per heavy atom. The number of aryl methyl sites for hydroxylation is 1. The molecule has 0 bridgehead atoms. The van der Waals surface area contributed by atoms with Gasteiger partial charge in [-0.25, -0.2) is 9.97 Å². The summed E-state index contributed by atoms with van der Waals surface area (Å²) in [5, 5.41) is 4.14. The van der Waals surface area contributed by atoms with Crippen LogP contribution in [-0.2, 0) is 17.9 Å². The maximum absolute atomic E-state index is 6.11. The van der Waals surface area contributed by atoms with Crippen molar-refractivity contribution in [2.75, 3.05) is 6.61 Å². The third-order valence-electron chi connectivity index (χ3n) is 5.18. The van der Waals surface area contributed by atoms with Crippen LogP contribution in [0.25, 0.3) is 26.4 Å². The topological polar surface area (TPSA) is 57.2 Å². The largest absolute Gasteiger partial charge is 0.375 e. The van der Waals surface area contributed by atoms with Gasteiger partial charge in [0.25, 0.3) is 0 Å². The van der Waals surface area contributed by atoms with Crippen LogP contribution in [-0.4, -0.2) is 30.8 Å². The van der Waals surface area contributed by atoms with Crippen LogP contribution in [0, 0.1) is 0 Å². The van der Waals surface area contributed by atoms with E-state index in [1.54, 1.807) is 24.0 Å². The van der Waals surface area contributed by atoms with Crippen molar-refractivity contribution in [2.45, 2.75) is 32.4 Å². The highest BCUT2D eigenvalue weighted by atomic mass is 32.1. The molecule has 0 atom stereocenters. The normalized spacial score (nSPS) is 11.6. The zero-order valence-electron chi connectivity index (χ0n) is 16.6. The first-order valence-electron chi connectivity index (χ1n) is 10.2. The van der Waals surface area contributed by atoms with Crippen LogP contribution < -0.4 is 0 Å². The van der Waals surface area contributed by atoms with Gasteiger partial charge in [-0.1, -0.05) is 53.8 Å². The van der Waals surface area contributed by atoms with Gasteiger partial charge in [0.1, 0.15) is 12.7 Å². The predicted octanol–water partition coefficient (Wildman–Crippen LogP) is 5.19. The van der Waals surface area contributed by atoms with Crippen molar-refractivity contribution in [3.05, 3.63) is 72.9 Å². The van der Waals surface area contributed by atoms with E-state index in [1.165, 1.54) is 10.2 Å². The molecule has 0 aliphatic rings. The van der Waals surface area contributed by atoms with Gasteiger partial charge in [-0.05, 0) is 31.4 Å². The van der Waals surface area contributed by atoms with Crippen LogP contribution in [0.15, 0.2) is 67.3 Å². The van der Waals surface area contributed by atoms with Crippen LogP contribution in [0.2, 0.25) is 0 Å². The van der Waals surface area contributed by atoms with Crippen LogP contribution in [0.4, 0.5) is 0 Å². The van der Waals surface area contributed by atoms with E-state index in [4.69, 9.17) is 9.72 Å². The molecule has 0 aliphatic carbocycles. The number of rotatable bonds is 9. The summed E-state index contributed by atoms with van der Waals surface area (Å²) in [5.74, 6) is 0. The number of ether oxygens (including phenoxy) is 1. The predicted molar refractivity (Wildman–Crippen MR) is 120 cm³/mol. The summed E-state index contributed by atoms with van der Waals surface area (Å²) in [5.41, 5.74) is 4.46. The molecule has 0 amide bonds. The fraction of sp³-hybridized carbons (Fsp3) is 0.261. The first-order chi connectivity index (χ1) is 14.9. The van der Waals surface area contributed by atoms with Gasteiger partial charge < -0.3 is 4.74 Å². The van der Waals surface area contributed by atoms with Gasteiger partial charge in [0.05, 0.1) is 28.2 Å². The molecular weight excluding hydrogens is 394 g/mol. The molecule has 6 nitrogen and oxygen atoms in total. The van der Waals surface area contributed by atoms with Crippen molar-refractivity contribution in [3.8, 4) is 11.3 Å². The van der Waals surface area contributed by atoms with E-state index < -0.39 is 0 Å². The molecule has 0 unspecified atom stereocenters. The molecule has 0 saturated carbocycles. The van der Waals surface area contributed by atoms with E-state index in [0.717, 1.165) is 54.3 Å². The van der Waals surface area contributed by atoms with Gasteiger partial charge in [0.15, 0.2) is 4.96 Å². The smallest absolute Gasteiger partial charge is 0.195 e. The second-order valence-electron chi connectivity index (χ2n) is 7.23. The Morgan fingerprint density at radius 3 is 2.67 bits per heavy atom. The summed E-state index contributed by atoms with van der Waals surface area (Å²) >= 11 is 1.72. The Labute approximate surface area is 178 Å². The van der Waals surface area contributed by atoms with E-state index in [2.05, 4.69) is 63.0 Å². The molecule has 0 saturated heterocycles. The average Bonchev–Trinajstić information content (AvgIpc) is 3.50. The second kappa shape index (κ2) is 8.77. The molecule has 7 heteroatoms. The zero-order chi connectivity index (χ0) is 20.2. The molecule has 0 spiro atoms. The van der Waals surface area contributed by atoms with Crippen LogP contribution >= 0.6 is 11.3 Å². The Balaban J connectivity index is 1.30. The van der Waals surface area contributed by atoms with Gasteiger partial charge in [-0.2, -0.15) is 5.10 Å². The molecule has 5 aromatic rings. The van der Waals surface area contributed by atoms with Crippen molar-refractivity contribution < 1.29 is 4.74 Å². The number of benzene rings is 2. The van der Waals surface area contributed by atoms with Crippen LogP contribution in [0.5, 0.6) is 0 Å². The van der Waals surface area contributed by atoms with Crippen LogP contribution in [0.1, 0.15) is 25.0 Å². The highest BCUT2D eigenvalue weighted by molar-refractivity contribution is 7.23. The maximum atomic E-state index is 6.11. The summed E-state index contributed by atoms with van der Waals surface area (Å²) in [4.78, 5) is 9.95. The second-order valence-corrected chi connectivity index (χ2v) is 8.24. The molecule has 5 rings (SSSR count). The lowest BCUT2D eigenvalue weighted by Gasteiger charge is -2.08. The lowest BCUT2D eigenvalue weighted by Crippen LogP contribution is -2.02. The minimum atomic E-state index is 0.551. The number of para-hydroxylation sites is 1. The molecular formula is C23H23N5OS. The molecule has 0 radical (unpaired) electrons. The lowest BCUT2D eigenvalue weighted by atomic mass is 10.1. The minimum Gasteiger partial charge on any atom is -0.375 e. The monoisotopic (exact) mass is 417 g/mol. The molecule has 0 aliphatic heterocycles. The van der Waals surface area contributed by atoms with Gasteiger partial charge in [0, 0.05) is 18.7 Å². The zero-order valence-corrected chi connectivity index (χ0v) is 17.5. The molecule has 3 aromatic heterocycles. The molecule has 3 heterocycles. The van der Waals surface area contributed by atoms with Crippen LogP contribution in [0.3, 0.4) is 0 Å². The fourth-order valence-corrected chi connectivity index (χ4v) is 4.75. The van der Waals surface area contributed by atoms with Crippen molar-refractivity contribution >= 4 is 26.5 Å². The Kier molecular flexibility index (Phi) is 5.54. The van der Waals surface area contributed by atoms with Crippen molar-refractivity contribution in [1.82, 2.24) is 24.1 Å². The molecule has 0 fully saturated rings. The standard InChI is InChI=1S/C23H23N5OS/c1-3-9-18(10-4-1)22-20(15-29-14-8-2-7-13-27-17-24-16-25-27)28-19-11-5-6-12-21(19)30-23(28)26-22/h1,3-6,9-12,16-17H,2,7-8,13-15H2. The van der Waals surface area contributed by atoms with Crippen molar-refractivity contribution in [3.63, 3.8) is 0 Å². The summed E-state index contributed by atoms with van der Waals surface area (Å²) in [6.07, 6.45) is 6.55. The SMILES string of the molecule is c1ccc(-c2nc3sc4ccccc4n3c2COCCCCCn2cncn2)cc1. The molecule has 152 valence electrons. The fourth-order valence-electron chi connectivity index (χ4n) is 3.71. The van der Waals surface area contributed by atoms with Gasteiger partial charge >= 0.3 is 0 Å². The maximum Gasteiger partial charge on any atom is 0.195 e. The molecule has 2 aromatic carbocycles. The summed E-state index contributed by atoms with van der Waals surface area (Å²) in [6, 6.07) is 18.8. The minimum absolute atomic E-state index is 0.551. The molecule has 30 heavy (non-hydrogen) atoms. The molecule has 0 N–H and O–H groups in total. The van der Waals surface area contributed by atoms with Gasteiger partial charge in [-0.3, -0.25) is 9.08 Å². The quantitative estimate of drug-likeness (QED) is 0.310. The van der Waals surface area contributed by atoms with Gasteiger partial charge in [0.2, 0.25) is 0 Å². The Bertz CT molecular complexity index is 1230. The average molecular weight is 418 g/mol. The van der Waals surface area contributed by atoms with E-state index in [9.17, 15) is 0 Å². The third kappa shape index (κ3) is 3.86. The Morgan fingerprint density at radius 2 is 1.80 bits per heavy atom. The number of aromatic nitrogens is 5. The number of unbranched alkanes of at least 4 members (excludes halogenated alkanes) is 2. The number of hydrogen-bond donors (Lipinski definition) is 0. The summed E-state index contributed by atoms with van der Waals surface area (Å²) < 4.78 is 11.5. The first kappa shape index (κ1) is 19.0. The lowest BCUT2D eigenvalue weighted by molar-refractivity contribution is 0.114. The van der Waals surface area contributed by atoms with E-state index >= 15 is 0 Å². The number of imidazole rings is 1. The van der Waals surface area contributed by atoms with E-state index in [-0.39, 0.29) is 0 Å². The number of hydrogen-bond acceptors (Lipinski definition) is 5. The Hall–Kier alpha value is -3.03. The summed E-state index contributed by atoms with van der Waals surface area (Å²) in [7, 11) is 0.